The SMILES string of the molecule is CC(N)CCNC(=O)c1cc(Br)cc(OC(C)C)c1.Cl. The van der Waals surface area contributed by atoms with Crippen LogP contribution in [0.3, 0.4) is 0 Å². The monoisotopic (exact) mass is 364 g/mol. The average Bonchev–Trinajstić information content (AvgIpc) is 2.26. The summed E-state index contributed by atoms with van der Waals surface area (Å²) in [7, 11) is 0. The number of hydrogen-bond donors (Lipinski definition) is 2. The van der Waals surface area contributed by atoms with E-state index in [0.29, 0.717) is 17.9 Å². The lowest BCUT2D eigenvalue weighted by Crippen LogP contribution is -2.29. The van der Waals surface area contributed by atoms with E-state index in [9.17, 15) is 4.79 Å². The number of nitrogens with two attached hydrogens (primary N) is 1. The van der Waals surface area contributed by atoms with Gasteiger partial charge in [0, 0.05) is 22.6 Å². The van der Waals surface area contributed by atoms with E-state index in [2.05, 4.69) is 21.2 Å². The molecule has 4 nitrogen and oxygen atoms in total. The van der Waals surface area contributed by atoms with Crippen molar-refractivity contribution in [1.82, 2.24) is 5.32 Å². The van der Waals surface area contributed by atoms with Gasteiger partial charge in [-0.15, -0.1) is 12.4 Å². The lowest BCUT2D eigenvalue weighted by Gasteiger charge is -2.12. The van der Waals surface area contributed by atoms with Gasteiger partial charge in [-0.2, -0.15) is 0 Å². The summed E-state index contributed by atoms with van der Waals surface area (Å²) in [5.74, 6) is 0.567. The molecule has 0 aliphatic rings. The number of hydrogen-bond acceptors (Lipinski definition) is 3. The van der Waals surface area contributed by atoms with Gasteiger partial charge >= 0.3 is 0 Å². The van der Waals surface area contributed by atoms with E-state index < -0.39 is 0 Å². The Bertz CT molecular complexity index is 439. The van der Waals surface area contributed by atoms with Gasteiger partial charge in [-0.25, -0.2) is 0 Å². The second-order valence-electron chi connectivity index (χ2n) is 4.86. The number of carbonyl (C=O) groups excluding carboxylic acids is 1. The second kappa shape index (κ2) is 9.21. The number of ether oxygens (including phenoxy) is 1. The molecule has 114 valence electrons. The fourth-order valence-corrected chi connectivity index (χ4v) is 2.02. The molecule has 1 aromatic rings. The minimum atomic E-state index is -0.115. The molecule has 20 heavy (non-hydrogen) atoms. The molecule has 1 aromatic carbocycles. The molecule has 0 aliphatic carbocycles. The van der Waals surface area contributed by atoms with Crippen molar-refractivity contribution in [3.8, 4) is 5.75 Å². The Morgan fingerprint density at radius 3 is 2.55 bits per heavy atom. The zero-order chi connectivity index (χ0) is 14.4. The van der Waals surface area contributed by atoms with E-state index >= 15 is 0 Å². The molecule has 0 fully saturated rings. The molecule has 0 heterocycles. The number of carbonyl (C=O) groups is 1. The highest BCUT2D eigenvalue weighted by Crippen LogP contribution is 2.22. The highest BCUT2D eigenvalue weighted by atomic mass is 79.9. The molecule has 0 spiro atoms. The van der Waals surface area contributed by atoms with Crippen molar-refractivity contribution in [2.75, 3.05) is 6.54 Å². The molecule has 1 amide bonds. The first-order chi connectivity index (χ1) is 8.88. The minimum Gasteiger partial charge on any atom is -0.491 e. The zero-order valence-electron chi connectivity index (χ0n) is 12.0. The van der Waals surface area contributed by atoms with E-state index in [1.165, 1.54) is 0 Å². The number of nitrogens with one attached hydrogen (secondary N) is 1. The van der Waals surface area contributed by atoms with Crippen LogP contribution in [0.4, 0.5) is 0 Å². The van der Waals surface area contributed by atoms with Crippen LogP contribution in [0.2, 0.25) is 0 Å². The maximum Gasteiger partial charge on any atom is 0.251 e. The summed E-state index contributed by atoms with van der Waals surface area (Å²) >= 11 is 3.38. The second-order valence-corrected chi connectivity index (χ2v) is 5.78. The van der Waals surface area contributed by atoms with Crippen LogP contribution in [0.25, 0.3) is 0 Å². The van der Waals surface area contributed by atoms with E-state index in [4.69, 9.17) is 10.5 Å². The molecule has 0 radical (unpaired) electrons. The number of halogens is 2. The van der Waals surface area contributed by atoms with Crippen molar-refractivity contribution < 1.29 is 9.53 Å². The molecular formula is C14H22BrClN2O2. The first-order valence-electron chi connectivity index (χ1n) is 6.39. The molecule has 0 saturated heterocycles. The summed E-state index contributed by atoms with van der Waals surface area (Å²) in [4.78, 5) is 12.0. The maximum absolute atomic E-state index is 12.0. The van der Waals surface area contributed by atoms with Crippen LogP contribution in [-0.4, -0.2) is 24.6 Å². The summed E-state index contributed by atoms with van der Waals surface area (Å²) in [6.07, 6.45) is 0.832. The van der Waals surface area contributed by atoms with E-state index in [1.807, 2.05) is 26.8 Å². The summed E-state index contributed by atoms with van der Waals surface area (Å²) in [5.41, 5.74) is 6.22. The van der Waals surface area contributed by atoms with Crippen LogP contribution in [0, 0.1) is 0 Å². The van der Waals surface area contributed by atoms with Crippen LogP contribution >= 0.6 is 28.3 Å². The molecule has 0 saturated carbocycles. The smallest absolute Gasteiger partial charge is 0.251 e. The van der Waals surface area contributed by atoms with Crippen LogP contribution in [0.5, 0.6) is 5.75 Å². The molecule has 6 heteroatoms. The van der Waals surface area contributed by atoms with Gasteiger partial charge in [-0.05, 0) is 45.4 Å². The predicted molar refractivity (Wildman–Crippen MR) is 87.8 cm³/mol. The summed E-state index contributed by atoms with van der Waals surface area (Å²) in [5, 5.41) is 2.84. The van der Waals surface area contributed by atoms with Crippen LogP contribution in [0.1, 0.15) is 37.6 Å². The zero-order valence-corrected chi connectivity index (χ0v) is 14.4. The Kier molecular flexibility index (Phi) is 8.85. The maximum atomic E-state index is 12.0. The molecular weight excluding hydrogens is 344 g/mol. The molecule has 1 rings (SSSR count). The van der Waals surface area contributed by atoms with Crippen LogP contribution in [-0.2, 0) is 0 Å². The third-order valence-corrected chi connectivity index (χ3v) is 2.85. The van der Waals surface area contributed by atoms with Gasteiger partial charge in [0.2, 0.25) is 0 Å². The summed E-state index contributed by atoms with van der Waals surface area (Å²) in [6, 6.07) is 5.45. The Hall–Kier alpha value is -0.780. The van der Waals surface area contributed by atoms with Crippen molar-refractivity contribution in [3.63, 3.8) is 0 Å². The topological polar surface area (TPSA) is 64.3 Å². The predicted octanol–water partition coefficient (Wildman–Crippen LogP) is 3.13. The Morgan fingerprint density at radius 1 is 1.35 bits per heavy atom. The fraction of sp³-hybridized carbons (Fsp3) is 0.500. The Morgan fingerprint density at radius 2 is 2.00 bits per heavy atom. The highest BCUT2D eigenvalue weighted by molar-refractivity contribution is 9.10. The summed E-state index contributed by atoms with van der Waals surface area (Å²) < 4.78 is 6.42. The normalized spacial score (nSPS) is 11.7. The Labute approximate surface area is 135 Å². The number of benzene rings is 1. The van der Waals surface area contributed by atoms with Crippen molar-refractivity contribution in [1.29, 1.82) is 0 Å². The summed E-state index contributed by atoms with van der Waals surface area (Å²) in [6.45, 7) is 6.38. The van der Waals surface area contributed by atoms with E-state index in [1.54, 1.807) is 12.1 Å². The quantitative estimate of drug-likeness (QED) is 0.814. The molecule has 0 aliphatic heterocycles. The molecule has 0 bridgehead atoms. The first kappa shape index (κ1) is 19.2. The largest absolute Gasteiger partial charge is 0.491 e. The standard InChI is InChI=1S/C14H21BrN2O2.ClH/c1-9(2)19-13-7-11(6-12(15)8-13)14(18)17-5-4-10(3)16;/h6-10H,4-5,16H2,1-3H3,(H,17,18);1H. The third kappa shape index (κ3) is 7.12. The molecule has 1 unspecified atom stereocenters. The third-order valence-electron chi connectivity index (χ3n) is 2.39. The highest BCUT2D eigenvalue weighted by Gasteiger charge is 2.09. The van der Waals surface area contributed by atoms with Gasteiger partial charge in [0.15, 0.2) is 0 Å². The van der Waals surface area contributed by atoms with E-state index in [-0.39, 0.29) is 30.5 Å². The fourth-order valence-electron chi connectivity index (χ4n) is 1.55. The molecule has 0 aromatic heterocycles. The minimum absolute atomic E-state index is 0. The lowest BCUT2D eigenvalue weighted by molar-refractivity contribution is 0.0952. The van der Waals surface area contributed by atoms with E-state index in [0.717, 1.165) is 10.9 Å². The number of rotatable bonds is 6. The van der Waals surface area contributed by atoms with Crippen LogP contribution < -0.4 is 15.8 Å². The van der Waals surface area contributed by atoms with Gasteiger partial charge < -0.3 is 15.8 Å². The molecule has 3 N–H and O–H groups in total. The molecule has 1 atom stereocenters. The Balaban J connectivity index is 0.00000361. The lowest BCUT2D eigenvalue weighted by atomic mass is 10.2. The van der Waals surface area contributed by atoms with Crippen molar-refractivity contribution in [2.24, 2.45) is 5.73 Å². The van der Waals surface area contributed by atoms with Gasteiger partial charge in [-0.1, -0.05) is 15.9 Å². The van der Waals surface area contributed by atoms with Gasteiger partial charge in [-0.3, -0.25) is 4.79 Å². The van der Waals surface area contributed by atoms with Gasteiger partial charge in [0.1, 0.15) is 5.75 Å². The number of amides is 1. The van der Waals surface area contributed by atoms with Gasteiger partial charge in [0.25, 0.3) is 5.91 Å². The van der Waals surface area contributed by atoms with Gasteiger partial charge in [0.05, 0.1) is 6.10 Å². The van der Waals surface area contributed by atoms with Crippen LogP contribution in [0.15, 0.2) is 22.7 Å². The van der Waals surface area contributed by atoms with Crippen molar-refractivity contribution >= 4 is 34.2 Å². The van der Waals surface area contributed by atoms with Crippen molar-refractivity contribution in [2.45, 2.75) is 39.3 Å². The first-order valence-corrected chi connectivity index (χ1v) is 7.19. The average molecular weight is 366 g/mol. The van der Waals surface area contributed by atoms with Crippen molar-refractivity contribution in [3.05, 3.63) is 28.2 Å².